The number of hydrogen-bond donors (Lipinski definition) is 3. The molecule has 1 atom stereocenters. The van der Waals surface area contributed by atoms with Crippen molar-refractivity contribution in [3.63, 3.8) is 0 Å². The molecule has 0 aliphatic carbocycles. The second-order valence-corrected chi connectivity index (χ2v) is 11.3. The van der Waals surface area contributed by atoms with Crippen LogP contribution in [-0.4, -0.2) is 71.4 Å². The summed E-state index contributed by atoms with van der Waals surface area (Å²) in [5.41, 5.74) is 2.34. The number of halogens is 3. The molecule has 13 heteroatoms. The molecule has 0 unspecified atom stereocenters. The second-order valence-electron chi connectivity index (χ2n) is 10.4. The SMILES string of the molecule is C=CC(=O)Nc1cc(N2CCN(C3COC3)CC2)cc(F)c1Nc1n[nH]c2ccc(O[C@H](C)c3c(Cl)cncc3Cl)cc12. The zero-order valence-electron chi connectivity index (χ0n) is 23.4. The molecular formula is C30H30Cl2FN7O3. The van der Waals surface area contributed by atoms with Crippen LogP contribution < -0.4 is 20.3 Å². The van der Waals surface area contributed by atoms with E-state index in [0.29, 0.717) is 49.8 Å². The van der Waals surface area contributed by atoms with Gasteiger partial charge in [-0.25, -0.2) is 4.39 Å². The highest BCUT2D eigenvalue weighted by atomic mass is 35.5. The Morgan fingerprint density at radius 2 is 1.93 bits per heavy atom. The summed E-state index contributed by atoms with van der Waals surface area (Å²) in [7, 11) is 0. The largest absolute Gasteiger partial charge is 0.486 e. The Hall–Kier alpha value is -3.90. The van der Waals surface area contributed by atoms with Crippen LogP contribution >= 0.6 is 23.2 Å². The lowest BCUT2D eigenvalue weighted by Crippen LogP contribution is -2.56. The van der Waals surface area contributed by atoms with Gasteiger partial charge in [-0.1, -0.05) is 29.8 Å². The summed E-state index contributed by atoms with van der Waals surface area (Å²) in [5, 5.41) is 14.6. The fourth-order valence-corrected chi connectivity index (χ4v) is 5.99. The molecule has 43 heavy (non-hydrogen) atoms. The topological polar surface area (TPSA) is 108 Å². The highest BCUT2D eigenvalue weighted by Crippen LogP contribution is 2.37. The molecule has 2 saturated heterocycles. The molecule has 0 radical (unpaired) electrons. The van der Waals surface area contributed by atoms with E-state index in [4.69, 9.17) is 32.7 Å². The second kappa shape index (κ2) is 12.4. The lowest BCUT2D eigenvalue weighted by Gasteiger charge is -2.43. The van der Waals surface area contributed by atoms with Gasteiger partial charge >= 0.3 is 0 Å². The summed E-state index contributed by atoms with van der Waals surface area (Å²) in [6.07, 6.45) is 3.69. The molecule has 2 aliphatic heterocycles. The van der Waals surface area contributed by atoms with Crippen LogP contribution in [0, 0.1) is 5.82 Å². The Kier molecular flexibility index (Phi) is 8.40. The maximum absolute atomic E-state index is 15.8. The van der Waals surface area contributed by atoms with E-state index in [0.717, 1.165) is 45.5 Å². The molecule has 10 nitrogen and oxygen atoms in total. The highest BCUT2D eigenvalue weighted by molar-refractivity contribution is 6.35. The average molecular weight is 627 g/mol. The van der Waals surface area contributed by atoms with Crippen molar-refractivity contribution >= 4 is 62.9 Å². The van der Waals surface area contributed by atoms with Crippen molar-refractivity contribution in [2.45, 2.75) is 19.1 Å². The summed E-state index contributed by atoms with van der Waals surface area (Å²) in [4.78, 5) is 20.8. The van der Waals surface area contributed by atoms with Gasteiger partial charge in [0.2, 0.25) is 5.91 Å². The normalized spacial score (nSPS) is 16.5. The van der Waals surface area contributed by atoms with Crippen molar-refractivity contribution in [2.24, 2.45) is 0 Å². The van der Waals surface area contributed by atoms with E-state index in [2.05, 4.69) is 42.2 Å². The molecule has 0 saturated carbocycles. The number of anilines is 4. The number of nitrogens with zero attached hydrogens (tertiary/aromatic N) is 4. The van der Waals surface area contributed by atoms with Crippen molar-refractivity contribution in [3.8, 4) is 5.75 Å². The van der Waals surface area contributed by atoms with Crippen molar-refractivity contribution in [1.82, 2.24) is 20.1 Å². The minimum absolute atomic E-state index is 0.0765. The van der Waals surface area contributed by atoms with E-state index in [1.165, 1.54) is 18.5 Å². The Morgan fingerprint density at radius 1 is 1.19 bits per heavy atom. The number of amides is 1. The van der Waals surface area contributed by atoms with Crippen LogP contribution in [0.5, 0.6) is 5.75 Å². The maximum Gasteiger partial charge on any atom is 0.247 e. The van der Waals surface area contributed by atoms with Gasteiger partial charge in [0.1, 0.15) is 17.5 Å². The van der Waals surface area contributed by atoms with Gasteiger partial charge in [-0.2, -0.15) is 5.10 Å². The average Bonchev–Trinajstić information content (AvgIpc) is 3.36. The zero-order chi connectivity index (χ0) is 30.1. The van der Waals surface area contributed by atoms with Crippen molar-refractivity contribution in [1.29, 1.82) is 0 Å². The van der Waals surface area contributed by atoms with Gasteiger partial charge in [0.25, 0.3) is 0 Å². The van der Waals surface area contributed by atoms with E-state index in [9.17, 15) is 4.79 Å². The molecule has 4 aromatic rings. The van der Waals surface area contributed by atoms with E-state index >= 15 is 4.39 Å². The van der Waals surface area contributed by atoms with E-state index in [1.807, 2.05) is 6.92 Å². The van der Waals surface area contributed by atoms with Crippen molar-refractivity contribution < 1.29 is 18.7 Å². The number of carbonyl (C=O) groups excluding carboxylic acids is 1. The van der Waals surface area contributed by atoms with Gasteiger partial charge in [-0.15, -0.1) is 0 Å². The van der Waals surface area contributed by atoms with Crippen molar-refractivity contribution in [2.75, 3.05) is 54.9 Å². The third kappa shape index (κ3) is 6.12. The summed E-state index contributed by atoms with van der Waals surface area (Å²) >= 11 is 12.6. The molecule has 2 fully saturated rings. The van der Waals surface area contributed by atoms with Gasteiger partial charge in [-0.05, 0) is 43.3 Å². The van der Waals surface area contributed by atoms with Crippen LogP contribution in [0.25, 0.3) is 10.9 Å². The Bertz CT molecular complexity index is 1650. The van der Waals surface area contributed by atoms with Crippen LogP contribution in [0.2, 0.25) is 10.0 Å². The van der Waals surface area contributed by atoms with Crippen LogP contribution in [0.3, 0.4) is 0 Å². The van der Waals surface area contributed by atoms with E-state index < -0.39 is 17.8 Å². The summed E-state index contributed by atoms with van der Waals surface area (Å²) in [6, 6.07) is 9.06. The van der Waals surface area contributed by atoms with Gasteiger partial charge in [0.05, 0.1) is 40.5 Å². The predicted octanol–water partition coefficient (Wildman–Crippen LogP) is 5.93. The number of ether oxygens (including phenoxy) is 2. The first-order chi connectivity index (χ1) is 20.8. The van der Waals surface area contributed by atoms with Gasteiger partial charge in [0.15, 0.2) is 11.6 Å². The number of aromatic nitrogens is 3. The Morgan fingerprint density at radius 3 is 2.60 bits per heavy atom. The number of carbonyl (C=O) groups is 1. The zero-order valence-corrected chi connectivity index (χ0v) is 24.9. The standard InChI is InChI=1S/C30H30Cl2FN7O3/c1-3-27(41)35-26-11-18(39-6-8-40(9-7-39)19-15-42-16-19)10-24(33)29(26)36-30-21-12-20(4-5-25(21)37-38-30)43-17(2)28-22(31)13-34-14-23(28)32/h3-5,10-14,17,19H,1,6-9,15-16H2,2H3,(H,35,41)(H2,36,37,38)/t17-/m1/s1. The number of nitrogens with one attached hydrogen (secondary N) is 3. The quantitative estimate of drug-likeness (QED) is 0.196. The molecule has 224 valence electrons. The van der Waals surface area contributed by atoms with Crippen LogP contribution in [0.1, 0.15) is 18.6 Å². The molecule has 4 heterocycles. The number of benzene rings is 2. The first kappa shape index (κ1) is 29.2. The minimum atomic E-state index is -0.536. The minimum Gasteiger partial charge on any atom is -0.486 e. The highest BCUT2D eigenvalue weighted by Gasteiger charge is 2.29. The molecule has 0 spiro atoms. The molecule has 6 rings (SSSR count). The lowest BCUT2D eigenvalue weighted by atomic mass is 10.1. The molecular weight excluding hydrogens is 596 g/mol. The smallest absolute Gasteiger partial charge is 0.247 e. The van der Waals surface area contributed by atoms with E-state index in [1.54, 1.807) is 24.3 Å². The summed E-state index contributed by atoms with van der Waals surface area (Å²) < 4.78 is 27.3. The van der Waals surface area contributed by atoms with Crippen LogP contribution in [-0.2, 0) is 9.53 Å². The third-order valence-corrected chi connectivity index (χ3v) is 8.32. The molecule has 1 amide bonds. The number of rotatable bonds is 9. The van der Waals surface area contributed by atoms with Gasteiger partial charge in [0, 0.05) is 55.2 Å². The number of hydrogen-bond acceptors (Lipinski definition) is 8. The van der Waals surface area contributed by atoms with E-state index in [-0.39, 0.29) is 11.4 Å². The fraction of sp³-hybridized carbons (Fsp3) is 0.300. The Labute approximate surface area is 257 Å². The predicted molar refractivity (Wildman–Crippen MR) is 166 cm³/mol. The lowest BCUT2D eigenvalue weighted by molar-refractivity contribution is -0.111. The fourth-order valence-electron chi connectivity index (χ4n) is 5.32. The van der Waals surface area contributed by atoms with Crippen LogP contribution in [0.15, 0.2) is 55.4 Å². The summed E-state index contributed by atoms with van der Waals surface area (Å²) in [6.45, 7) is 10.1. The van der Waals surface area contributed by atoms with Gasteiger partial charge in [-0.3, -0.25) is 19.8 Å². The number of piperazine rings is 1. The number of pyridine rings is 1. The maximum atomic E-state index is 15.8. The van der Waals surface area contributed by atoms with Crippen LogP contribution in [0.4, 0.5) is 27.3 Å². The van der Waals surface area contributed by atoms with Gasteiger partial charge < -0.3 is 25.0 Å². The number of fused-ring (bicyclic) bond motifs is 1. The summed E-state index contributed by atoms with van der Waals surface area (Å²) in [5.74, 6) is -0.118. The first-order valence-electron chi connectivity index (χ1n) is 13.8. The number of H-pyrrole nitrogens is 1. The third-order valence-electron chi connectivity index (χ3n) is 7.72. The molecule has 3 N–H and O–H groups in total. The monoisotopic (exact) mass is 625 g/mol. The molecule has 2 aliphatic rings. The molecule has 2 aromatic heterocycles. The molecule has 2 aromatic carbocycles. The first-order valence-corrected chi connectivity index (χ1v) is 14.6. The molecule has 0 bridgehead atoms. The number of aromatic amines is 1. The Balaban J connectivity index is 1.26. The van der Waals surface area contributed by atoms with Crippen molar-refractivity contribution in [3.05, 3.63) is 76.8 Å².